The summed E-state index contributed by atoms with van der Waals surface area (Å²) in [4.78, 5) is 0. The Hall–Kier alpha value is -1.53. The molecule has 1 aromatic carbocycles. The number of ether oxygens (including phenoxy) is 1. The van der Waals surface area contributed by atoms with Crippen molar-refractivity contribution in [1.29, 1.82) is 5.26 Å². The third-order valence-electron chi connectivity index (χ3n) is 4.76. The van der Waals surface area contributed by atoms with Crippen molar-refractivity contribution in [2.24, 2.45) is 0 Å². The maximum Gasteiger partial charge on any atom is 0.120 e. The first-order valence-electron chi connectivity index (χ1n) is 8.03. The van der Waals surface area contributed by atoms with Crippen molar-refractivity contribution >= 4 is 0 Å². The molecule has 2 aliphatic carbocycles. The lowest BCUT2D eigenvalue weighted by atomic mass is 9.81. The van der Waals surface area contributed by atoms with Gasteiger partial charge in [0.2, 0.25) is 0 Å². The standard InChI is InChI=1S/C18H24N2O/c1-13-5-8-16(10-14(13)2)21-17-4-3-9-18(11-17,12-19)20-15-6-7-15/h5,8,10,15,17,20H,3-4,6-7,9,11H2,1-2H3. The van der Waals surface area contributed by atoms with Gasteiger partial charge in [0.25, 0.3) is 0 Å². The number of nitrogens with zero attached hydrogens (tertiary/aromatic N) is 1. The summed E-state index contributed by atoms with van der Waals surface area (Å²) < 4.78 is 6.16. The van der Waals surface area contributed by atoms with Gasteiger partial charge in [-0.1, -0.05) is 6.07 Å². The maximum absolute atomic E-state index is 9.61. The van der Waals surface area contributed by atoms with Crippen molar-refractivity contribution in [3.05, 3.63) is 29.3 Å². The molecule has 0 saturated heterocycles. The second-order valence-corrected chi connectivity index (χ2v) is 6.69. The molecule has 2 atom stereocenters. The molecule has 3 heteroatoms. The van der Waals surface area contributed by atoms with Crippen LogP contribution in [0.4, 0.5) is 0 Å². The third kappa shape index (κ3) is 3.39. The Kier molecular flexibility index (Phi) is 3.91. The summed E-state index contributed by atoms with van der Waals surface area (Å²) >= 11 is 0. The van der Waals surface area contributed by atoms with Gasteiger partial charge in [0.1, 0.15) is 17.4 Å². The molecule has 2 unspecified atom stereocenters. The van der Waals surface area contributed by atoms with Crippen LogP contribution < -0.4 is 10.1 Å². The Morgan fingerprint density at radius 1 is 1.24 bits per heavy atom. The Morgan fingerprint density at radius 3 is 2.71 bits per heavy atom. The van der Waals surface area contributed by atoms with Crippen LogP contribution in [0.15, 0.2) is 18.2 Å². The molecule has 0 heterocycles. The van der Waals surface area contributed by atoms with E-state index in [9.17, 15) is 5.26 Å². The smallest absolute Gasteiger partial charge is 0.120 e. The molecular formula is C18H24N2O. The van der Waals surface area contributed by atoms with Crippen LogP contribution in [0, 0.1) is 25.2 Å². The summed E-state index contributed by atoms with van der Waals surface area (Å²) in [6.45, 7) is 4.22. The number of hydrogen-bond acceptors (Lipinski definition) is 3. The van der Waals surface area contributed by atoms with Gasteiger partial charge in [-0.05, 0) is 69.2 Å². The summed E-state index contributed by atoms with van der Waals surface area (Å²) in [5.74, 6) is 0.934. The van der Waals surface area contributed by atoms with Gasteiger partial charge in [0.15, 0.2) is 0 Å². The van der Waals surface area contributed by atoms with Gasteiger partial charge >= 0.3 is 0 Å². The van der Waals surface area contributed by atoms with E-state index >= 15 is 0 Å². The van der Waals surface area contributed by atoms with Gasteiger partial charge in [-0.3, -0.25) is 5.32 Å². The summed E-state index contributed by atoms with van der Waals surface area (Å²) in [5, 5.41) is 13.2. The molecule has 0 aliphatic heterocycles. The zero-order valence-electron chi connectivity index (χ0n) is 13.0. The molecule has 0 aromatic heterocycles. The minimum atomic E-state index is -0.371. The summed E-state index contributed by atoms with van der Waals surface area (Å²) in [5.41, 5.74) is 2.17. The third-order valence-corrected chi connectivity index (χ3v) is 4.76. The van der Waals surface area contributed by atoms with Gasteiger partial charge < -0.3 is 4.74 Å². The van der Waals surface area contributed by atoms with Crippen LogP contribution in [-0.2, 0) is 0 Å². The highest BCUT2D eigenvalue weighted by molar-refractivity contribution is 5.34. The van der Waals surface area contributed by atoms with E-state index in [1.807, 2.05) is 6.07 Å². The molecule has 1 N–H and O–H groups in total. The molecule has 0 radical (unpaired) electrons. The van der Waals surface area contributed by atoms with Crippen molar-refractivity contribution in [2.75, 3.05) is 0 Å². The van der Waals surface area contributed by atoms with Gasteiger partial charge in [0.05, 0.1) is 6.07 Å². The topological polar surface area (TPSA) is 45.0 Å². The lowest BCUT2D eigenvalue weighted by Crippen LogP contribution is -2.50. The van der Waals surface area contributed by atoms with Gasteiger partial charge in [0, 0.05) is 12.5 Å². The van der Waals surface area contributed by atoms with E-state index in [-0.39, 0.29) is 11.6 Å². The Labute approximate surface area is 127 Å². The molecule has 112 valence electrons. The molecule has 2 saturated carbocycles. The lowest BCUT2D eigenvalue weighted by Gasteiger charge is -2.36. The predicted octanol–water partition coefficient (Wildman–Crippen LogP) is 3.64. The van der Waals surface area contributed by atoms with Crippen molar-refractivity contribution in [2.45, 2.75) is 70.1 Å². The zero-order valence-corrected chi connectivity index (χ0v) is 13.0. The first-order chi connectivity index (χ1) is 10.1. The van der Waals surface area contributed by atoms with Crippen LogP contribution >= 0.6 is 0 Å². The van der Waals surface area contributed by atoms with E-state index in [1.165, 1.54) is 24.0 Å². The highest BCUT2D eigenvalue weighted by atomic mass is 16.5. The summed E-state index contributed by atoms with van der Waals surface area (Å²) in [7, 11) is 0. The normalized spacial score (nSPS) is 28.9. The van der Waals surface area contributed by atoms with E-state index in [1.54, 1.807) is 0 Å². The molecule has 2 aliphatic rings. The molecule has 2 fully saturated rings. The first-order valence-corrected chi connectivity index (χ1v) is 8.03. The number of rotatable bonds is 4. The fourth-order valence-corrected chi connectivity index (χ4v) is 3.19. The fraction of sp³-hybridized carbons (Fsp3) is 0.611. The fourth-order valence-electron chi connectivity index (χ4n) is 3.19. The van der Waals surface area contributed by atoms with E-state index in [0.717, 1.165) is 31.4 Å². The highest BCUT2D eigenvalue weighted by Gasteiger charge is 2.41. The van der Waals surface area contributed by atoms with E-state index < -0.39 is 0 Å². The average molecular weight is 284 g/mol. The van der Waals surface area contributed by atoms with Crippen LogP contribution in [0.1, 0.15) is 49.7 Å². The zero-order chi connectivity index (χ0) is 14.9. The predicted molar refractivity (Wildman–Crippen MR) is 83.3 cm³/mol. The largest absolute Gasteiger partial charge is 0.490 e. The summed E-state index contributed by atoms with van der Waals surface area (Å²) in [6.07, 6.45) is 6.43. The molecule has 1 aromatic rings. The minimum absolute atomic E-state index is 0.145. The second kappa shape index (κ2) is 5.69. The van der Waals surface area contributed by atoms with Crippen LogP contribution in [0.25, 0.3) is 0 Å². The number of hydrogen-bond donors (Lipinski definition) is 1. The maximum atomic E-state index is 9.61. The minimum Gasteiger partial charge on any atom is -0.490 e. The van der Waals surface area contributed by atoms with Crippen molar-refractivity contribution < 1.29 is 4.74 Å². The van der Waals surface area contributed by atoms with Crippen molar-refractivity contribution in [3.63, 3.8) is 0 Å². The molecule has 0 spiro atoms. The van der Waals surface area contributed by atoms with E-state index in [0.29, 0.717) is 6.04 Å². The molecule has 3 nitrogen and oxygen atoms in total. The summed E-state index contributed by atoms with van der Waals surface area (Å²) in [6, 6.07) is 9.34. The number of nitriles is 1. The monoisotopic (exact) mass is 284 g/mol. The van der Waals surface area contributed by atoms with E-state index in [2.05, 4.69) is 37.4 Å². The van der Waals surface area contributed by atoms with Crippen molar-refractivity contribution in [3.8, 4) is 11.8 Å². The number of nitrogens with one attached hydrogen (secondary N) is 1. The van der Waals surface area contributed by atoms with E-state index in [4.69, 9.17) is 4.74 Å². The first kappa shape index (κ1) is 14.4. The number of benzene rings is 1. The van der Waals surface area contributed by atoms with Gasteiger partial charge in [-0.25, -0.2) is 0 Å². The van der Waals surface area contributed by atoms with Gasteiger partial charge in [-0.15, -0.1) is 0 Å². The Bertz CT molecular complexity index is 559. The molecular weight excluding hydrogens is 260 g/mol. The molecule has 21 heavy (non-hydrogen) atoms. The lowest BCUT2D eigenvalue weighted by molar-refractivity contribution is 0.112. The number of aryl methyl sites for hydroxylation is 2. The Balaban J connectivity index is 1.67. The van der Waals surface area contributed by atoms with Crippen LogP contribution in [0.2, 0.25) is 0 Å². The van der Waals surface area contributed by atoms with Crippen LogP contribution in [0.5, 0.6) is 5.75 Å². The molecule has 0 bridgehead atoms. The van der Waals surface area contributed by atoms with Crippen molar-refractivity contribution in [1.82, 2.24) is 5.32 Å². The average Bonchev–Trinajstić information content (AvgIpc) is 3.27. The molecule has 0 amide bonds. The van der Waals surface area contributed by atoms with Crippen LogP contribution in [-0.4, -0.2) is 17.7 Å². The quantitative estimate of drug-likeness (QED) is 0.918. The van der Waals surface area contributed by atoms with Crippen LogP contribution in [0.3, 0.4) is 0 Å². The second-order valence-electron chi connectivity index (χ2n) is 6.69. The highest BCUT2D eigenvalue weighted by Crippen LogP contribution is 2.34. The SMILES string of the molecule is Cc1ccc(OC2CCCC(C#N)(NC3CC3)C2)cc1C. The Morgan fingerprint density at radius 2 is 2.05 bits per heavy atom. The molecule has 3 rings (SSSR count). The van der Waals surface area contributed by atoms with Gasteiger partial charge in [-0.2, -0.15) is 5.26 Å².